The van der Waals surface area contributed by atoms with E-state index >= 15 is 0 Å². The SMILES string of the molecule is COc1ccc(C(CC2CNC(Cc3ccccc3)CO2)[PH](=O)O)cc1. The Labute approximate surface area is 155 Å². The van der Waals surface area contributed by atoms with Crippen LogP contribution in [-0.2, 0) is 15.7 Å². The van der Waals surface area contributed by atoms with Crippen LogP contribution in [0, 0.1) is 0 Å². The summed E-state index contributed by atoms with van der Waals surface area (Å²) in [6.07, 6.45) is 1.40. The number of hydrogen-bond donors (Lipinski definition) is 2. The molecule has 1 aliphatic heterocycles. The molecule has 1 heterocycles. The first-order valence-electron chi connectivity index (χ1n) is 8.91. The van der Waals surface area contributed by atoms with E-state index in [1.807, 2.05) is 42.5 Å². The van der Waals surface area contributed by atoms with E-state index in [0.29, 0.717) is 19.6 Å². The topological polar surface area (TPSA) is 67.8 Å². The maximum absolute atomic E-state index is 11.9. The molecule has 0 aliphatic carbocycles. The molecular weight excluding hydrogens is 349 g/mol. The molecule has 0 bridgehead atoms. The highest BCUT2D eigenvalue weighted by Crippen LogP contribution is 2.42. The van der Waals surface area contributed by atoms with Crippen LogP contribution in [0.2, 0.25) is 0 Å². The van der Waals surface area contributed by atoms with E-state index in [-0.39, 0.29) is 12.1 Å². The van der Waals surface area contributed by atoms with Gasteiger partial charge in [-0.15, -0.1) is 0 Å². The highest BCUT2D eigenvalue weighted by molar-refractivity contribution is 7.38. The van der Waals surface area contributed by atoms with Gasteiger partial charge in [0.25, 0.3) is 0 Å². The average Bonchev–Trinajstić information content (AvgIpc) is 2.68. The van der Waals surface area contributed by atoms with Gasteiger partial charge in [-0.3, -0.25) is 4.57 Å². The predicted octanol–water partition coefficient (Wildman–Crippen LogP) is 3.19. The number of methoxy groups -OCH3 is 1. The maximum Gasteiger partial charge on any atom is 0.196 e. The molecule has 2 aromatic carbocycles. The molecule has 26 heavy (non-hydrogen) atoms. The summed E-state index contributed by atoms with van der Waals surface area (Å²) < 4.78 is 23.1. The summed E-state index contributed by atoms with van der Waals surface area (Å²) in [4.78, 5) is 9.81. The van der Waals surface area contributed by atoms with Crippen molar-refractivity contribution >= 4 is 8.03 Å². The Bertz CT molecular complexity index is 700. The molecule has 0 spiro atoms. The lowest BCUT2D eigenvalue weighted by atomic mass is 10.0. The van der Waals surface area contributed by atoms with Gasteiger partial charge in [-0.1, -0.05) is 42.5 Å². The molecule has 0 radical (unpaired) electrons. The van der Waals surface area contributed by atoms with Gasteiger partial charge in [0.1, 0.15) is 5.75 Å². The van der Waals surface area contributed by atoms with Gasteiger partial charge >= 0.3 is 0 Å². The van der Waals surface area contributed by atoms with Crippen LogP contribution in [-0.4, -0.2) is 37.3 Å². The van der Waals surface area contributed by atoms with E-state index in [1.165, 1.54) is 5.56 Å². The molecule has 3 rings (SSSR count). The van der Waals surface area contributed by atoms with E-state index < -0.39 is 13.7 Å². The van der Waals surface area contributed by atoms with Crippen molar-refractivity contribution in [2.75, 3.05) is 20.3 Å². The first kappa shape index (κ1) is 19.1. The molecular formula is C20H26NO4P. The van der Waals surface area contributed by atoms with Crippen molar-refractivity contribution in [3.63, 3.8) is 0 Å². The summed E-state index contributed by atoms with van der Waals surface area (Å²) in [5.41, 5.74) is 1.74. The summed E-state index contributed by atoms with van der Waals surface area (Å²) in [6, 6.07) is 18.0. The van der Waals surface area contributed by atoms with Crippen LogP contribution in [0.1, 0.15) is 23.2 Å². The number of ether oxygens (including phenoxy) is 2. The highest BCUT2D eigenvalue weighted by Gasteiger charge is 2.27. The minimum absolute atomic E-state index is 0.0600. The van der Waals surface area contributed by atoms with Crippen LogP contribution in [0.3, 0.4) is 0 Å². The lowest BCUT2D eigenvalue weighted by Crippen LogP contribution is -2.47. The Hall–Kier alpha value is -1.65. The van der Waals surface area contributed by atoms with Crippen LogP contribution in [0.5, 0.6) is 5.75 Å². The Morgan fingerprint density at radius 1 is 1.23 bits per heavy atom. The molecule has 2 aromatic rings. The smallest absolute Gasteiger partial charge is 0.196 e. The van der Waals surface area contributed by atoms with E-state index in [4.69, 9.17) is 9.47 Å². The summed E-state index contributed by atoms with van der Waals surface area (Å²) >= 11 is 0. The van der Waals surface area contributed by atoms with Crippen LogP contribution in [0.25, 0.3) is 0 Å². The predicted molar refractivity (Wildman–Crippen MR) is 103 cm³/mol. The van der Waals surface area contributed by atoms with E-state index in [2.05, 4.69) is 17.4 Å². The lowest BCUT2D eigenvalue weighted by Gasteiger charge is -2.32. The van der Waals surface area contributed by atoms with Crippen molar-refractivity contribution in [2.24, 2.45) is 0 Å². The second-order valence-corrected chi connectivity index (χ2v) is 8.02. The normalized spacial score (nSPS) is 22.5. The molecule has 140 valence electrons. The van der Waals surface area contributed by atoms with Gasteiger partial charge in [-0.2, -0.15) is 0 Å². The van der Waals surface area contributed by atoms with Crippen LogP contribution < -0.4 is 10.1 Å². The molecule has 0 amide bonds. The summed E-state index contributed by atoms with van der Waals surface area (Å²) in [5.74, 6) is 0.740. The number of nitrogens with one attached hydrogen (secondary N) is 1. The Balaban J connectivity index is 1.55. The zero-order valence-corrected chi connectivity index (χ0v) is 15.9. The molecule has 1 saturated heterocycles. The minimum atomic E-state index is -2.70. The molecule has 1 fully saturated rings. The van der Waals surface area contributed by atoms with Gasteiger partial charge in [0.15, 0.2) is 8.03 Å². The van der Waals surface area contributed by atoms with Crippen LogP contribution >= 0.6 is 8.03 Å². The zero-order valence-electron chi connectivity index (χ0n) is 14.9. The Morgan fingerprint density at radius 2 is 1.96 bits per heavy atom. The summed E-state index contributed by atoms with van der Waals surface area (Å²) in [7, 11) is -1.10. The van der Waals surface area contributed by atoms with E-state index in [0.717, 1.165) is 17.7 Å². The molecule has 2 N–H and O–H groups in total. The molecule has 4 atom stereocenters. The van der Waals surface area contributed by atoms with Crippen LogP contribution in [0.4, 0.5) is 0 Å². The third-order valence-electron chi connectivity index (χ3n) is 4.81. The second kappa shape index (κ2) is 9.33. The standard InChI is InChI=1S/C20H26NO4P/c1-24-18-9-7-16(8-10-18)20(26(22)23)12-19-13-21-17(14-25-19)11-15-5-3-2-4-6-15/h2-10,17,19-21,26H,11-14H2,1H3,(H,22,23). The first-order chi connectivity index (χ1) is 12.7. The molecule has 4 unspecified atom stereocenters. The first-order valence-corrected chi connectivity index (χ1v) is 10.3. The fraction of sp³-hybridized carbons (Fsp3) is 0.400. The molecule has 0 aromatic heterocycles. The third-order valence-corrected chi connectivity index (χ3v) is 5.97. The van der Waals surface area contributed by atoms with Gasteiger partial charge in [0, 0.05) is 12.6 Å². The Kier molecular flexibility index (Phi) is 6.86. The Morgan fingerprint density at radius 3 is 2.54 bits per heavy atom. The largest absolute Gasteiger partial charge is 0.497 e. The van der Waals surface area contributed by atoms with Crippen molar-refractivity contribution in [1.29, 1.82) is 0 Å². The quantitative estimate of drug-likeness (QED) is 0.728. The molecule has 6 heteroatoms. The average molecular weight is 375 g/mol. The van der Waals surface area contributed by atoms with Crippen molar-refractivity contribution < 1.29 is 18.9 Å². The van der Waals surface area contributed by atoms with E-state index in [1.54, 1.807) is 7.11 Å². The van der Waals surface area contributed by atoms with Gasteiger partial charge < -0.3 is 19.7 Å². The van der Waals surface area contributed by atoms with Gasteiger partial charge in [0.2, 0.25) is 0 Å². The minimum Gasteiger partial charge on any atom is -0.497 e. The van der Waals surface area contributed by atoms with Crippen molar-refractivity contribution in [3.8, 4) is 5.75 Å². The monoisotopic (exact) mass is 375 g/mol. The van der Waals surface area contributed by atoms with Gasteiger partial charge in [0.05, 0.1) is 25.5 Å². The number of morpholine rings is 1. The number of rotatable bonds is 7. The second-order valence-electron chi connectivity index (χ2n) is 6.65. The van der Waals surface area contributed by atoms with Crippen molar-refractivity contribution in [3.05, 3.63) is 65.7 Å². The molecule has 0 saturated carbocycles. The number of hydrogen-bond acceptors (Lipinski definition) is 4. The van der Waals surface area contributed by atoms with E-state index in [9.17, 15) is 9.46 Å². The maximum atomic E-state index is 11.9. The fourth-order valence-corrected chi connectivity index (χ4v) is 4.27. The lowest BCUT2D eigenvalue weighted by molar-refractivity contribution is -0.000755. The zero-order chi connectivity index (χ0) is 18.4. The molecule has 5 nitrogen and oxygen atoms in total. The third kappa shape index (κ3) is 5.18. The van der Waals surface area contributed by atoms with Crippen molar-refractivity contribution in [1.82, 2.24) is 5.32 Å². The number of benzene rings is 2. The van der Waals surface area contributed by atoms with Crippen molar-refractivity contribution in [2.45, 2.75) is 30.6 Å². The van der Waals surface area contributed by atoms with Crippen LogP contribution in [0.15, 0.2) is 54.6 Å². The summed E-state index contributed by atoms with van der Waals surface area (Å²) in [6.45, 7) is 1.31. The fourth-order valence-electron chi connectivity index (χ4n) is 3.33. The van der Waals surface area contributed by atoms with Gasteiger partial charge in [-0.05, 0) is 36.1 Å². The van der Waals surface area contributed by atoms with Gasteiger partial charge in [-0.25, -0.2) is 0 Å². The summed E-state index contributed by atoms with van der Waals surface area (Å²) in [5, 5.41) is 3.51. The molecule has 1 aliphatic rings. The highest BCUT2D eigenvalue weighted by atomic mass is 31.1.